The fraction of sp³-hybridized carbons (Fsp3) is 0.737. The van der Waals surface area contributed by atoms with Gasteiger partial charge in [0.2, 0.25) is 0 Å². The lowest BCUT2D eigenvalue weighted by molar-refractivity contribution is -0.117. The summed E-state index contributed by atoms with van der Waals surface area (Å²) < 4.78 is 0. The average molecular weight is 305 g/mol. The molecule has 114 valence electrons. The van der Waals surface area contributed by atoms with E-state index in [4.69, 9.17) is 11.6 Å². The van der Waals surface area contributed by atoms with Crippen molar-refractivity contribution in [2.24, 2.45) is 28.6 Å². The summed E-state index contributed by atoms with van der Waals surface area (Å²) in [6.07, 6.45) is 13.4. The van der Waals surface area contributed by atoms with Gasteiger partial charge in [-0.3, -0.25) is 4.79 Å². The Morgan fingerprint density at radius 2 is 2.05 bits per heavy atom. The molecule has 0 amide bonds. The van der Waals surface area contributed by atoms with Crippen LogP contribution in [0, 0.1) is 28.6 Å². The van der Waals surface area contributed by atoms with E-state index in [9.17, 15) is 4.79 Å². The first-order valence-corrected chi connectivity index (χ1v) is 8.94. The van der Waals surface area contributed by atoms with Crippen LogP contribution in [0.5, 0.6) is 0 Å². The molecule has 0 bridgehead atoms. The zero-order valence-electron chi connectivity index (χ0n) is 13.1. The fourth-order valence-corrected chi connectivity index (χ4v) is 6.56. The van der Waals surface area contributed by atoms with Crippen LogP contribution in [0.15, 0.2) is 23.8 Å². The van der Waals surface area contributed by atoms with Crippen LogP contribution in [0.25, 0.3) is 0 Å². The molecule has 4 aliphatic rings. The predicted molar refractivity (Wildman–Crippen MR) is 86.3 cm³/mol. The molecule has 0 N–H and O–H groups in total. The molecule has 3 unspecified atom stereocenters. The summed E-state index contributed by atoms with van der Waals surface area (Å²) >= 11 is 6.76. The Balaban J connectivity index is 1.74. The van der Waals surface area contributed by atoms with Crippen LogP contribution in [-0.4, -0.2) is 11.2 Å². The maximum Gasteiger partial charge on any atom is 0.155 e. The summed E-state index contributed by atoms with van der Waals surface area (Å²) in [7, 11) is 0. The van der Waals surface area contributed by atoms with Gasteiger partial charge in [0.05, 0.1) is 5.38 Å². The Bertz CT molecular complexity index is 548. The zero-order valence-corrected chi connectivity index (χ0v) is 13.8. The van der Waals surface area contributed by atoms with Crippen molar-refractivity contribution in [1.29, 1.82) is 0 Å². The van der Waals surface area contributed by atoms with Gasteiger partial charge in [0.25, 0.3) is 0 Å². The summed E-state index contributed by atoms with van der Waals surface area (Å²) in [5.74, 6) is 2.52. The minimum absolute atomic E-state index is 0.0726. The highest BCUT2D eigenvalue weighted by Gasteiger charge is 2.57. The van der Waals surface area contributed by atoms with Crippen LogP contribution >= 0.6 is 11.6 Å². The van der Waals surface area contributed by atoms with Gasteiger partial charge in [-0.05, 0) is 72.3 Å². The van der Waals surface area contributed by atoms with E-state index >= 15 is 0 Å². The molecule has 6 atom stereocenters. The van der Waals surface area contributed by atoms with Crippen molar-refractivity contribution in [2.75, 3.05) is 0 Å². The third-order valence-corrected chi connectivity index (χ3v) is 7.68. The number of hydrogen-bond acceptors (Lipinski definition) is 1. The van der Waals surface area contributed by atoms with Crippen molar-refractivity contribution in [3.8, 4) is 0 Å². The van der Waals surface area contributed by atoms with Crippen LogP contribution in [0.4, 0.5) is 0 Å². The first-order chi connectivity index (χ1) is 9.94. The van der Waals surface area contributed by atoms with Crippen LogP contribution < -0.4 is 0 Å². The molecule has 1 nitrogen and oxygen atoms in total. The molecular formula is C19H25ClO. The van der Waals surface area contributed by atoms with Crippen molar-refractivity contribution in [3.05, 3.63) is 23.8 Å². The van der Waals surface area contributed by atoms with Crippen molar-refractivity contribution < 1.29 is 4.79 Å². The Labute approximate surface area is 132 Å². The number of alkyl halides is 1. The molecule has 0 radical (unpaired) electrons. The van der Waals surface area contributed by atoms with Gasteiger partial charge in [0.15, 0.2) is 5.78 Å². The number of ketones is 1. The number of halogens is 1. The molecule has 0 aromatic carbocycles. The minimum atomic E-state index is 0.0726. The molecular weight excluding hydrogens is 280 g/mol. The zero-order chi connectivity index (χ0) is 14.8. The van der Waals surface area contributed by atoms with E-state index in [-0.39, 0.29) is 16.6 Å². The Hall–Kier alpha value is -0.560. The Kier molecular flexibility index (Phi) is 2.99. The van der Waals surface area contributed by atoms with Crippen molar-refractivity contribution in [1.82, 2.24) is 0 Å². The lowest BCUT2D eigenvalue weighted by Gasteiger charge is -2.58. The molecule has 0 aromatic rings. The molecule has 2 saturated carbocycles. The normalized spacial score (nSPS) is 52.0. The number of allylic oxidation sites excluding steroid dienone is 4. The third kappa shape index (κ3) is 1.86. The van der Waals surface area contributed by atoms with Crippen LogP contribution in [0.1, 0.15) is 52.4 Å². The van der Waals surface area contributed by atoms with Gasteiger partial charge in [-0.2, -0.15) is 0 Å². The summed E-state index contributed by atoms with van der Waals surface area (Å²) in [5.41, 5.74) is 1.84. The smallest absolute Gasteiger partial charge is 0.155 e. The van der Waals surface area contributed by atoms with Crippen LogP contribution in [0.2, 0.25) is 0 Å². The lowest BCUT2D eigenvalue weighted by atomic mass is 9.47. The molecule has 0 spiro atoms. The molecule has 4 aliphatic carbocycles. The summed E-state index contributed by atoms with van der Waals surface area (Å²) in [4.78, 5) is 11.9. The maximum absolute atomic E-state index is 11.9. The standard InChI is InChI=1S/C19H25ClO/c1-18-7-3-4-14(18)13-11-17(20)16-10-12(21)5-9-19(16,2)15(13)6-8-18/h3,7,10,13-15,17H,4-6,8-9,11H2,1-2H3/t13?,14?,15?,17-,18-,19+/m0/s1. The Morgan fingerprint density at radius 3 is 2.86 bits per heavy atom. The van der Waals surface area contributed by atoms with Crippen molar-refractivity contribution in [3.63, 3.8) is 0 Å². The van der Waals surface area contributed by atoms with Gasteiger partial charge in [-0.15, -0.1) is 11.6 Å². The van der Waals surface area contributed by atoms with E-state index in [0.29, 0.717) is 11.8 Å². The predicted octanol–water partition coefficient (Wildman–Crippen LogP) is 4.90. The molecule has 0 aromatic heterocycles. The van der Waals surface area contributed by atoms with Gasteiger partial charge in [0.1, 0.15) is 0 Å². The molecule has 21 heavy (non-hydrogen) atoms. The molecule has 2 fully saturated rings. The summed E-state index contributed by atoms with van der Waals surface area (Å²) in [5, 5.41) is 0.0726. The van der Waals surface area contributed by atoms with Crippen LogP contribution in [0.3, 0.4) is 0 Å². The number of rotatable bonds is 0. The van der Waals surface area contributed by atoms with Crippen molar-refractivity contribution in [2.45, 2.75) is 57.7 Å². The van der Waals surface area contributed by atoms with E-state index < -0.39 is 0 Å². The largest absolute Gasteiger partial charge is 0.295 e. The lowest BCUT2D eigenvalue weighted by Crippen LogP contribution is -2.52. The monoisotopic (exact) mass is 304 g/mol. The highest BCUT2D eigenvalue weighted by Crippen LogP contribution is 2.64. The van der Waals surface area contributed by atoms with E-state index in [2.05, 4.69) is 26.0 Å². The van der Waals surface area contributed by atoms with E-state index in [0.717, 1.165) is 30.6 Å². The second-order valence-electron chi connectivity index (χ2n) is 8.25. The van der Waals surface area contributed by atoms with E-state index in [1.54, 1.807) is 0 Å². The Morgan fingerprint density at radius 1 is 1.24 bits per heavy atom. The summed E-state index contributed by atoms with van der Waals surface area (Å²) in [6.45, 7) is 4.83. The van der Waals surface area contributed by atoms with Crippen LogP contribution in [-0.2, 0) is 4.79 Å². The molecule has 2 heteroatoms. The molecule has 0 aliphatic heterocycles. The maximum atomic E-state index is 11.9. The number of fused-ring (bicyclic) bond motifs is 5. The van der Waals surface area contributed by atoms with Crippen molar-refractivity contribution >= 4 is 17.4 Å². The molecule has 0 saturated heterocycles. The minimum Gasteiger partial charge on any atom is -0.295 e. The fourth-order valence-electron chi connectivity index (χ4n) is 6.04. The highest BCUT2D eigenvalue weighted by atomic mass is 35.5. The van der Waals surface area contributed by atoms with Gasteiger partial charge in [-0.25, -0.2) is 0 Å². The molecule has 4 rings (SSSR count). The van der Waals surface area contributed by atoms with Gasteiger partial charge in [-0.1, -0.05) is 26.0 Å². The first kappa shape index (κ1) is 14.1. The van der Waals surface area contributed by atoms with Gasteiger partial charge < -0.3 is 0 Å². The quantitative estimate of drug-likeness (QED) is 0.459. The second kappa shape index (κ2) is 4.47. The van der Waals surface area contributed by atoms with Gasteiger partial charge >= 0.3 is 0 Å². The average Bonchev–Trinajstić information content (AvgIpc) is 2.83. The molecule has 0 heterocycles. The summed E-state index contributed by atoms with van der Waals surface area (Å²) in [6, 6.07) is 0. The number of carbonyl (C=O) groups excluding carboxylic acids is 1. The third-order valence-electron chi connectivity index (χ3n) is 7.26. The SMILES string of the molecule is C[C@@]12C=CCC1C1C[C@H](Cl)C3=CC(=O)CC[C@]3(C)C1CC2. The van der Waals surface area contributed by atoms with Gasteiger partial charge in [0, 0.05) is 6.42 Å². The number of hydrogen-bond donors (Lipinski definition) is 0. The number of carbonyl (C=O) groups is 1. The first-order valence-electron chi connectivity index (χ1n) is 8.51. The van der Waals surface area contributed by atoms with E-state index in [1.165, 1.54) is 24.8 Å². The highest BCUT2D eigenvalue weighted by molar-refractivity contribution is 6.23. The van der Waals surface area contributed by atoms with E-state index in [1.807, 2.05) is 6.08 Å². The second-order valence-corrected chi connectivity index (χ2v) is 8.77. The topological polar surface area (TPSA) is 17.1 Å².